The van der Waals surface area contributed by atoms with E-state index in [0.717, 1.165) is 0 Å². The van der Waals surface area contributed by atoms with Crippen LogP contribution >= 0.6 is 0 Å². The SMILES string of the molecule is COc1ccc(C(=O)N2N=C3CC[C@@H](C)C[C@H]3[C@]2(O)C(F)(F)F)cc1. The van der Waals surface area contributed by atoms with E-state index in [0.29, 0.717) is 18.6 Å². The molecule has 0 radical (unpaired) electrons. The van der Waals surface area contributed by atoms with Crippen LogP contribution in [0.5, 0.6) is 5.75 Å². The quantitative estimate of drug-likeness (QED) is 0.885. The highest BCUT2D eigenvalue weighted by Crippen LogP contribution is 2.49. The molecule has 1 amide bonds. The lowest BCUT2D eigenvalue weighted by Gasteiger charge is -2.39. The largest absolute Gasteiger partial charge is 0.497 e. The lowest BCUT2D eigenvalue weighted by molar-refractivity contribution is -0.313. The van der Waals surface area contributed by atoms with E-state index in [1.54, 1.807) is 0 Å². The summed E-state index contributed by atoms with van der Waals surface area (Å²) in [4.78, 5) is 12.7. The number of hydrogen-bond acceptors (Lipinski definition) is 4. The van der Waals surface area contributed by atoms with Crippen LogP contribution in [-0.4, -0.2) is 40.7 Å². The molecule has 5 nitrogen and oxygen atoms in total. The minimum Gasteiger partial charge on any atom is -0.497 e. The Balaban J connectivity index is 2.00. The molecule has 0 unspecified atom stereocenters. The number of fused-ring (bicyclic) bond motifs is 1. The second-order valence-corrected chi connectivity index (χ2v) is 6.59. The molecular formula is C17H19F3N2O3. The molecular weight excluding hydrogens is 337 g/mol. The van der Waals surface area contributed by atoms with Gasteiger partial charge in [0.05, 0.1) is 13.0 Å². The van der Waals surface area contributed by atoms with Crippen LogP contribution in [0, 0.1) is 11.8 Å². The average molecular weight is 356 g/mol. The highest BCUT2D eigenvalue weighted by atomic mass is 19.4. The van der Waals surface area contributed by atoms with Gasteiger partial charge >= 0.3 is 6.18 Å². The van der Waals surface area contributed by atoms with Crippen molar-refractivity contribution in [2.24, 2.45) is 16.9 Å². The van der Waals surface area contributed by atoms with Crippen molar-refractivity contribution in [2.45, 2.75) is 38.1 Å². The zero-order valence-electron chi connectivity index (χ0n) is 13.9. The molecule has 0 aromatic heterocycles. The van der Waals surface area contributed by atoms with Gasteiger partial charge < -0.3 is 9.84 Å². The Hall–Kier alpha value is -2.09. The van der Waals surface area contributed by atoms with Crippen LogP contribution in [0.4, 0.5) is 13.2 Å². The number of aliphatic hydroxyl groups is 1. The van der Waals surface area contributed by atoms with E-state index in [4.69, 9.17) is 4.74 Å². The molecule has 0 saturated heterocycles. The first-order valence-corrected chi connectivity index (χ1v) is 8.03. The molecule has 1 N–H and O–H groups in total. The number of methoxy groups -OCH3 is 1. The fraction of sp³-hybridized carbons (Fsp3) is 0.529. The van der Waals surface area contributed by atoms with Crippen LogP contribution in [0.2, 0.25) is 0 Å². The number of hydrogen-bond donors (Lipinski definition) is 1. The monoisotopic (exact) mass is 356 g/mol. The molecule has 2 aliphatic rings. The highest BCUT2D eigenvalue weighted by Gasteiger charge is 2.68. The molecule has 1 fully saturated rings. The summed E-state index contributed by atoms with van der Waals surface area (Å²) in [5.74, 6) is -1.72. The van der Waals surface area contributed by atoms with Crippen LogP contribution in [0.1, 0.15) is 36.5 Å². The maximum absolute atomic E-state index is 13.8. The predicted molar refractivity (Wildman–Crippen MR) is 84.1 cm³/mol. The van der Waals surface area contributed by atoms with Crippen molar-refractivity contribution in [3.63, 3.8) is 0 Å². The lowest BCUT2D eigenvalue weighted by Crippen LogP contribution is -2.61. The molecule has 1 aliphatic carbocycles. The Morgan fingerprint density at radius 1 is 1.36 bits per heavy atom. The van der Waals surface area contributed by atoms with Crippen molar-refractivity contribution in [2.75, 3.05) is 7.11 Å². The normalized spacial score (nSPS) is 29.2. The fourth-order valence-electron chi connectivity index (χ4n) is 3.47. The van der Waals surface area contributed by atoms with Gasteiger partial charge in [-0.2, -0.15) is 23.3 Å². The van der Waals surface area contributed by atoms with Gasteiger partial charge in [0.1, 0.15) is 5.75 Å². The molecule has 1 aromatic carbocycles. The summed E-state index contributed by atoms with van der Waals surface area (Å²) in [5, 5.41) is 14.7. The van der Waals surface area contributed by atoms with Gasteiger partial charge in [-0.15, -0.1) is 0 Å². The minimum absolute atomic E-state index is 0.000444. The van der Waals surface area contributed by atoms with Gasteiger partial charge in [-0.3, -0.25) is 4.79 Å². The number of nitrogens with zero attached hydrogens (tertiary/aromatic N) is 2. The first-order valence-electron chi connectivity index (χ1n) is 8.03. The number of carbonyl (C=O) groups is 1. The van der Waals surface area contributed by atoms with Crippen molar-refractivity contribution in [3.05, 3.63) is 29.8 Å². The molecule has 3 atom stereocenters. The molecule has 1 aliphatic heterocycles. The van der Waals surface area contributed by atoms with Crippen molar-refractivity contribution >= 4 is 11.6 Å². The summed E-state index contributed by atoms with van der Waals surface area (Å²) in [6.07, 6.45) is -3.84. The molecule has 0 bridgehead atoms. The second kappa shape index (κ2) is 6.01. The summed E-state index contributed by atoms with van der Waals surface area (Å²) in [6, 6.07) is 5.64. The number of benzene rings is 1. The van der Waals surface area contributed by atoms with Crippen molar-refractivity contribution in [1.29, 1.82) is 0 Å². The van der Waals surface area contributed by atoms with Gasteiger partial charge in [-0.25, -0.2) is 0 Å². The van der Waals surface area contributed by atoms with Crippen molar-refractivity contribution in [1.82, 2.24) is 5.01 Å². The molecule has 3 rings (SSSR count). The molecule has 8 heteroatoms. The number of rotatable bonds is 2. The van der Waals surface area contributed by atoms with Crippen LogP contribution in [0.3, 0.4) is 0 Å². The van der Waals surface area contributed by atoms with Gasteiger partial charge in [0, 0.05) is 11.3 Å². The van der Waals surface area contributed by atoms with E-state index < -0.39 is 23.7 Å². The van der Waals surface area contributed by atoms with Crippen LogP contribution in [0.25, 0.3) is 0 Å². The third kappa shape index (κ3) is 2.78. The summed E-state index contributed by atoms with van der Waals surface area (Å²) in [7, 11) is 1.44. The summed E-state index contributed by atoms with van der Waals surface area (Å²) in [5.41, 5.74) is -3.08. The summed E-state index contributed by atoms with van der Waals surface area (Å²) >= 11 is 0. The standard InChI is InChI=1S/C17H19F3N2O3/c1-10-3-8-14-13(9-10)16(24,17(18,19)20)22(21-14)15(23)11-4-6-12(25-2)7-5-11/h4-7,10,13,24H,3,8-9H2,1-2H3/t10-,13-,16+/m1/s1. The van der Waals surface area contributed by atoms with E-state index in [-0.39, 0.29) is 28.6 Å². The zero-order valence-corrected chi connectivity index (χ0v) is 13.9. The highest BCUT2D eigenvalue weighted by molar-refractivity contribution is 5.99. The van der Waals surface area contributed by atoms with Gasteiger partial charge in [-0.05, 0) is 49.4 Å². The number of ether oxygens (including phenoxy) is 1. The second-order valence-electron chi connectivity index (χ2n) is 6.59. The van der Waals surface area contributed by atoms with Gasteiger partial charge in [0.2, 0.25) is 0 Å². The first-order chi connectivity index (χ1) is 11.7. The zero-order chi connectivity index (χ0) is 18.4. The third-order valence-corrected chi connectivity index (χ3v) is 4.92. The maximum atomic E-state index is 13.8. The fourth-order valence-corrected chi connectivity index (χ4v) is 3.47. The van der Waals surface area contributed by atoms with Crippen LogP contribution < -0.4 is 4.74 Å². The molecule has 0 spiro atoms. The first kappa shape index (κ1) is 17.7. The summed E-state index contributed by atoms with van der Waals surface area (Å²) < 4.78 is 46.2. The average Bonchev–Trinajstić information content (AvgIpc) is 2.88. The number of alkyl halides is 3. The van der Waals surface area contributed by atoms with Crippen LogP contribution in [0.15, 0.2) is 29.4 Å². The van der Waals surface area contributed by atoms with Crippen LogP contribution in [-0.2, 0) is 0 Å². The van der Waals surface area contributed by atoms with Gasteiger partial charge in [0.25, 0.3) is 11.6 Å². The topological polar surface area (TPSA) is 62.1 Å². The van der Waals surface area contributed by atoms with Gasteiger partial charge in [0.15, 0.2) is 0 Å². The maximum Gasteiger partial charge on any atom is 0.439 e. The third-order valence-electron chi connectivity index (χ3n) is 4.92. The Morgan fingerprint density at radius 2 is 2.00 bits per heavy atom. The van der Waals surface area contributed by atoms with Crippen molar-refractivity contribution in [3.8, 4) is 5.75 Å². The molecule has 136 valence electrons. The number of hydrazone groups is 1. The lowest BCUT2D eigenvalue weighted by atomic mass is 9.76. The number of carbonyl (C=O) groups excluding carboxylic acids is 1. The predicted octanol–water partition coefficient (Wildman–Crippen LogP) is 3.19. The van der Waals surface area contributed by atoms with E-state index in [1.807, 2.05) is 6.92 Å². The molecule has 1 aromatic rings. The smallest absolute Gasteiger partial charge is 0.439 e. The molecule has 1 heterocycles. The van der Waals surface area contributed by atoms with Gasteiger partial charge in [-0.1, -0.05) is 6.92 Å². The molecule has 1 saturated carbocycles. The van der Waals surface area contributed by atoms with E-state index in [2.05, 4.69) is 5.10 Å². The molecule has 25 heavy (non-hydrogen) atoms. The van der Waals surface area contributed by atoms with Crippen molar-refractivity contribution < 1.29 is 27.8 Å². The Labute approximate surface area is 143 Å². The Bertz CT molecular complexity index is 702. The number of amides is 1. The number of halogens is 3. The minimum atomic E-state index is -5.01. The van der Waals surface area contributed by atoms with E-state index in [1.165, 1.54) is 31.4 Å². The Kier molecular flexibility index (Phi) is 4.26. The Morgan fingerprint density at radius 3 is 2.56 bits per heavy atom. The van der Waals surface area contributed by atoms with E-state index >= 15 is 0 Å². The van der Waals surface area contributed by atoms with E-state index in [9.17, 15) is 23.1 Å². The summed E-state index contributed by atoms with van der Waals surface area (Å²) in [6.45, 7) is 1.83.